The number of benzene rings is 1. The largest absolute Gasteiger partial charge is 0.340 e. The lowest BCUT2D eigenvalue weighted by Crippen LogP contribution is -2.30. The van der Waals surface area contributed by atoms with Gasteiger partial charge in [0.2, 0.25) is 0 Å². The lowest BCUT2D eigenvalue weighted by Gasteiger charge is -2.05. The first-order valence-electron chi connectivity index (χ1n) is 6.38. The number of aromatic nitrogens is 2. The molecule has 0 fully saturated rings. The summed E-state index contributed by atoms with van der Waals surface area (Å²) >= 11 is 6.22. The maximum absolute atomic E-state index is 11.4. The Morgan fingerprint density at radius 1 is 1.29 bits per heavy atom. The van der Waals surface area contributed by atoms with Gasteiger partial charge in [-0.1, -0.05) is 29.8 Å². The van der Waals surface area contributed by atoms with Crippen molar-refractivity contribution in [3.63, 3.8) is 0 Å². The zero-order valence-electron chi connectivity index (χ0n) is 11.1. The fourth-order valence-electron chi connectivity index (χ4n) is 2.24. The predicted molar refractivity (Wildman–Crippen MR) is 81.9 cm³/mol. The predicted octanol–water partition coefficient (Wildman–Crippen LogP) is 2.34. The van der Waals surface area contributed by atoms with E-state index in [1.165, 1.54) is 6.20 Å². The minimum absolute atomic E-state index is 0.358. The molecule has 0 unspecified atom stereocenters. The van der Waals surface area contributed by atoms with Crippen LogP contribution in [0.15, 0.2) is 48.8 Å². The van der Waals surface area contributed by atoms with Crippen LogP contribution in [0, 0.1) is 0 Å². The normalized spacial score (nSPS) is 10.8. The second-order valence-electron chi connectivity index (χ2n) is 4.63. The minimum atomic E-state index is -0.358. The molecular formula is C15H13ClN4O. The number of rotatable bonds is 3. The standard InChI is InChI=1S/C15H13ClN4O/c16-13-9-20(14-4-2-1-3-12(13)14)8-11-6-5-10(7-18-11)15(21)19-17/h1-7,9H,8,17H2,(H,19,21). The van der Waals surface area contributed by atoms with Crippen molar-refractivity contribution >= 4 is 28.4 Å². The van der Waals surface area contributed by atoms with Crippen molar-refractivity contribution in [1.82, 2.24) is 15.0 Å². The van der Waals surface area contributed by atoms with Crippen LogP contribution in [-0.2, 0) is 6.54 Å². The topological polar surface area (TPSA) is 72.9 Å². The van der Waals surface area contributed by atoms with E-state index in [0.29, 0.717) is 17.1 Å². The summed E-state index contributed by atoms with van der Waals surface area (Å²) in [6.45, 7) is 0.581. The van der Waals surface area contributed by atoms with Gasteiger partial charge in [-0.2, -0.15) is 0 Å². The van der Waals surface area contributed by atoms with Crippen molar-refractivity contribution < 1.29 is 4.79 Å². The van der Waals surface area contributed by atoms with E-state index in [1.54, 1.807) is 12.1 Å². The van der Waals surface area contributed by atoms with Gasteiger partial charge in [-0.05, 0) is 18.2 Å². The summed E-state index contributed by atoms with van der Waals surface area (Å²) in [5.74, 6) is 4.73. The number of hydrazine groups is 1. The molecule has 3 N–H and O–H groups in total. The molecule has 0 aliphatic carbocycles. The Morgan fingerprint density at radius 3 is 2.81 bits per heavy atom. The van der Waals surface area contributed by atoms with E-state index in [9.17, 15) is 4.79 Å². The molecule has 1 aromatic carbocycles. The van der Waals surface area contributed by atoms with Crippen molar-refractivity contribution in [3.05, 3.63) is 65.1 Å². The SMILES string of the molecule is NNC(=O)c1ccc(Cn2cc(Cl)c3ccccc32)nc1. The van der Waals surface area contributed by atoms with Crippen LogP contribution in [0.5, 0.6) is 0 Å². The van der Waals surface area contributed by atoms with Crippen LogP contribution in [0.3, 0.4) is 0 Å². The molecule has 0 aliphatic heterocycles. The first-order chi connectivity index (χ1) is 10.2. The molecule has 2 aromatic heterocycles. The third-order valence-electron chi connectivity index (χ3n) is 3.29. The van der Waals surface area contributed by atoms with Crippen LogP contribution in [0.1, 0.15) is 16.1 Å². The van der Waals surface area contributed by atoms with Gasteiger partial charge in [0.1, 0.15) is 0 Å². The first-order valence-corrected chi connectivity index (χ1v) is 6.76. The molecule has 2 heterocycles. The Morgan fingerprint density at radius 2 is 2.10 bits per heavy atom. The number of nitrogen functional groups attached to an aromatic ring is 1. The molecule has 1 amide bonds. The third-order valence-corrected chi connectivity index (χ3v) is 3.59. The monoisotopic (exact) mass is 300 g/mol. The van der Waals surface area contributed by atoms with Crippen molar-refractivity contribution in [2.75, 3.05) is 0 Å². The number of nitrogens with zero attached hydrogens (tertiary/aromatic N) is 2. The van der Waals surface area contributed by atoms with E-state index in [0.717, 1.165) is 16.6 Å². The molecule has 0 radical (unpaired) electrons. The van der Waals surface area contributed by atoms with Crippen molar-refractivity contribution in [1.29, 1.82) is 0 Å². The molecule has 0 bridgehead atoms. The van der Waals surface area contributed by atoms with Crippen molar-refractivity contribution in [3.8, 4) is 0 Å². The van der Waals surface area contributed by atoms with E-state index >= 15 is 0 Å². The van der Waals surface area contributed by atoms with Crippen molar-refractivity contribution in [2.45, 2.75) is 6.54 Å². The number of nitrogens with two attached hydrogens (primary N) is 1. The molecule has 3 aromatic rings. The van der Waals surface area contributed by atoms with Gasteiger partial charge in [0.05, 0.1) is 22.8 Å². The van der Waals surface area contributed by atoms with E-state index in [-0.39, 0.29) is 5.91 Å². The molecule has 5 nitrogen and oxygen atoms in total. The highest BCUT2D eigenvalue weighted by Gasteiger charge is 2.08. The molecule has 0 aliphatic rings. The Balaban J connectivity index is 1.90. The fraction of sp³-hybridized carbons (Fsp3) is 0.0667. The summed E-state index contributed by atoms with van der Waals surface area (Å²) in [6.07, 6.45) is 3.39. The number of hydrogen-bond acceptors (Lipinski definition) is 3. The molecule has 106 valence electrons. The maximum Gasteiger partial charge on any atom is 0.266 e. The Bertz CT molecular complexity index is 795. The summed E-state index contributed by atoms with van der Waals surface area (Å²) in [7, 11) is 0. The molecule has 0 atom stereocenters. The van der Waals surface area contributed by atoms with Crippen molar-refractivity contribution in [2.24, 2.45) is 5.84 Å². The molecule has 6 heteroatoms. The van der Waals surface area contributed by atoms with Crippen LogP contribution in [0.2, 0.25) is 5.02 Å². The van der Waals surface area contributed by atoms with Crippen LogP contribution in [0.25, 0.3) is 10.9 Å². The first kappa shape index (κ1) is 13.6. The number of nitrogens with one attached hydrogen (secondary N) is 1. The molecule has 21 heavy (non-hydrogen) atoms. The van der Waals surface area contributed by atoms with Gasteiger partial charge in [0.15, 0.2) is 0 Å². The zero-order valence-corrected chi connectivity index (χ0v) is 11.8. The van der Waals surface area contributed by atoms with E-state index in [4.69, 9.17) is 17.4 Å². The summed E-state index contributed by atoms with van der Waals surface area (Å²) in [5, 5.41) is 1.73. The summed E-state index contributed by atoms with van der Waals surface area (Å²) in [4.78, 5) is 15.6. The molecule has 0 saturated heterocycles. The summed E-state index contributed by atoms with van der Waals surface area (Å²) in [6, 6.07) is 11.4. The van der Waals surface area contributed by atoms with Gasteiger partial charge in [-0.3, -0.25) is 15.2 Å². The molecule has 0 saturated carbocycles. The zero-order chi connectivity index (χ0) is 14.8. The van der Waals surface area contributed by atoms with Crippen LogP contribution in [-0.4, -0.2) is 15.5 Å². The van der Waals surface area contributed by atoms with E-state index in [2.05, 4.69) is 10.4 Å². The third kappa shape index (κ3) is 2.61. The van der Waals surface area contributed by atoms with Gasteiger partial charge < -0.3 is 4.57 Å². The summed E-state index contributed by atoms with van der Waals surface area (Å²) in [5.41, 5.74) is 4.39. The minimum Gasteiger partial charge on any atom is -0.340 e. The smallest absolute Gasteiger partial charge is 0.266 e. The van der Waals surface area contributed by atoms with Gasteiger partial charge >= 0.3 is 0 Å². The highest BCUT2D eigenvalue weighted by Crippen LogP contribution is 2.25. The van der Waals surface area contributed by atoms with E-state index in [1.807, 2.05) is 35.0 Å². The van der Waals surface area contributed by atoms with E-state index < -0.39 is 0 Å². The fourth-order valence-corrected chi connectivity index (χ4v) is 2.52. The van der Waals surface area contributed by atoms with Gasteiger partial charge in [0.25, 0.3) is 5.91 Å². The summed E-state index contributed by atoms with van der Waals surface area (Å²) < 4.78 is 2.03. The lowest BCUT2D eigenvalue weighted by molar-refractivity contribution is 0.0953. The molecular weight excluding hydrogens is 288 g/mol. The lowest BCUT2D eigenvalue weighted by atomic mass is 10.2. The number of amides is 1. The Hall–Kier alpha value is -2.37. The number of halogens is 1. The number of fused-ring (bicyclic) bond motifs is 1. The molecule has 3 rings (SSSR count). The number of carbonyl (C=O) groups excluding carboxylic acids is 1. The second-order valence-corrected chi connectivity index (χ2v) is 5.04. The maximum atomic E-state index is 11.4. The number of pyridine rings is 1. The quantitative estimate of drug-likeness (QED) is 0.443. The Kier molecular flexibility index (Phi) is 3.60. The van der Waals surface area contributed by atoms with Crippen LogP contribution >= 0.6 is 11.6 Å². The van der Waals surface area contributed by atoms with Crippen LogP contribution < -0.4 is 11.3 Å². The second kappa shape index (κ2) is 5.55. The van der Waals surface area contributed by atoms with Gasteiger partial charge in [-0.25, -0.2) is 5.84 Å². The Labute approximate surface area is 126 Å². The highest BCUT2D eigenvalue weighted by atomic mass is 35.5. The number of hydrogen-bond donors (Lipinski definition) is 2. The highest BCUT2D eigenvalue weighted by molar-refractivity contribution is 6.35. The van der Waals surface area contributed by atoms with Crippen LogP contribution in [0.4, 0.5) is 0 Å². The molecule has 0 spiro atoms. The number of para-hydroxylation sites is 1. The van der Waals surface area contributed by atoms with Gasteiger partial charge in [0, 0.05) is 23.3 Å². The average molecular weight is 301 g/mol. The average Bonchev–Trinajstić information content (AvgIpc) is 2.84. The number of carbonyl (C=O) groups is 1. The van der Waals surface area contributed by atoms with Gasteiger partial charge in [-0.15, -0.1) is 0 Å².